The Morgan fingerprint density at radius 1 is 0.778 bits per heavy atom. The maximum Gasteiger partial charge on any atom is 0.180 e. The molecule has 0 amide bonds. The van der Waals surface area contributed by atoms with E-state index in [1.807, 2.05) is 0 Å². The predicted molar refractivity (Wildman–Crippen MR) is 81.8 cm³/mol. The summed E-state index contributed by atoms with van der Waals surface area (Å²) >= 11 is 0. The molecule has 0 aromatic carbocycles. The molecule has 27 heavy (non-hydrogen) atoms. The molecule has 3 rings (SSSR count). The van der Waals surface area contributed by atoms with Crippen molar-refractivity contribution >= 4 is 0 Å². The molecule has 1 aromatic heterocycles. The van der Waals surface area contributed by atoms with E-state index in [0.717, 1.165) is 4.68 Å². The molecular weight excluding hydrogens is 370 g/mol. The second kappa shape index (κ2) is 8.00. The normalized spacial score (nSPS) is 45.8. The summed E-state index contributed by atoms with van der Waals surface area (Å²) in [4.78, 5) is 0. The van der Waals surface area contributed by atoms with Gasteiger partial charge in [-0.3, -0.25) is 0 Å². The van der Waals surface area contributed by atoms with Crippen molar-refractivity contribution in [1.82, 2.24) is 15.0 Å². The van der Waals surface area contributed by atoms with Crippen LogP contribution in [0.2, 0.25) is 0 Å². The summed E-state index contributed by atoms with van der Waals surface area (Å²) in [6.07, 6.45) is -13.0. The van der Waals surface area contributed by atoms with E-state index in [9.17, 15) is 40.9 Å². The first-order valence-electron chi connectivity index (χ1n) is 8.32. The highest BCUT2D eigenvalue weighted by atomic mass is 16.6. The number of aromatic nitrogens is 3. The lowest BCUT2D eigenvalue weighted by molar-refractivity contribution is -0.254. The molecule has 2 saturated heterocycles. The van der Waals surface area contributed by atoms with E-state index in [-0.39, 0.29) is 5.69 Å². The standard InChI is InChI=1S/C14H23N3O10/c18-2-5-7(20)9(22)11(24)13(26-5)4-1-17(16-15-4)14-12(25)10(23)8(21)6(3-19)27-14/h1,5-14,18-25H,2-3H2/t5-,6-,7-,8-,9+,10+,11-,12+,13+,14+/m1/s1. The highest BCUT2D eigenvalue weighted by Crippen LogP contribution is 2.33. The molecule has 0 unspecified atom stereocenters. The minimum absolute atomic E-state index is 0.00357. The van der Waals surface area contributed by atoms with Gasteiger partial charge in [-0.1, -0.05) is 5.21 Å². The number of hydrogen-bond donors (Lipinski definition) is 8. The molecule has 3 heterocycles. The highest BCUT2D eigenvalue weighted by molar-refractivity contribution is 5.07. The quantitative estimate of drug-likeness (QED) is 0.241. The minimum Gasteiger partial charge on any atom is -0.394 e. The van der Waals surface area contributed by atoms with Gasteiger partial charge in [-0.05, 0) is 0 Å². The fourth-order valence-electron chi connectivity index (χ4n) is 3.19. The zero-order valence-electron chi connectivity index (χ0n) is 14.0. The minimum atomic E-state index is -1.61. The number of nitrogens with zero attached hydrogens (tertiary/aromatic N) is 3. The molecule has 2 aliphatic rings. The van der Waals surface area contributed by atoms with E-state index < -0.39 is 74.4 Å². The first kappa shape index (κ1) is 20.5. The Kier molecular flexibility index (Phi) is 6.07. The number of aliphatic hydroxyl groups excluding tert-OH is 8. The van der Waals surface area contributed by atoms with Crippen molar-refractivity contribution in [3.05, 3.63) is 11.9 Å². The Hall–Kier alpha value is -1.26. The van der Waals surface area contributed by atoms with Crippen LogP contribution >= 0.6 is 0 Å². The number of aliphatic hydroxyl groups is 8. The van der Waals surface area contributed by atoms with Crippen LogP contribution in [0.1, 0.15) is 18.0 Å². The van der Waals surface area contributed by atoms with Crippen LogP contribution in [-0.2, 0) is 9.47 Å². The first-order chi connectivity index (χ1) is 12.8. The monoisotopic (exact) mass is 393 g/mol. The van der Waals surface area contributed by atoms with E-state index in [2.05, 4.69) is 10.3 Å². The van der Waals surface area contributed by atoms with Crippen molar-refractivity contribution in [2.75, 3.05) is 13.2 Å². The molecule has 0 aliphatic carbocycles. The van der Waals surface area contributed by atoms with Gasteiger partial charge in [-0.2, -0.15) is 0 Å². The van der Waals surface area contributed by atoms with E-state index in [4.69, 9.17) is 9.47 Å². The predicted octanol–water partition coefficient (Wildman–Crippen LogP) is -5.23. The van der Waals surface area contributed by atoms with Crippen LogP contribution in [0.3, 0.4) is 0 Å². The Labute approximate surface area is 152 Å². The van der Waals surface area contributed by atoms with Gasteiger partial charge in [0.15, 0.2) is 6.23 Å². The topological polar surface area (TPSA) is 211 Å². The average Bonchev–Trinajstić information content (AvgIpc) is 3.14. The summed E-state index contributed by atoms with van der Waals surface area (Å²) in [6, 6.07) is 0. The lowest BCUT2D eigenvalue weighted by Crippen LogP contribution is -2.56. The molecular formula is C14H23N3O10. The molecule has 13 heteroatoms. The van der Waals surface area contributed by atoms with Crippen molar-refractivity contribution < 1.29 is 50.3 Å². The van der Waals surface area contributed by atoms with E-state index >= 15 is 0 Å². The van der Waals surface area contributed by atoms with Gasteiger partial charge in [0, 0.05) is 0 Å². The zero-order valence-corrected chi connectivity index (χ0v) is 14.0. The van der Waals surface area contributed by atoms with Gasteiger partial charge in [0.2, 0.25) is 0 Å². The average molecular weight is 393 g/mol. The van der Waals surface area contributed by atoms with Crippen LogP contribution in [-0.4, -0.2) is 118 Å². The summed E-state index contributed by atoms with van der Waals surface area (Å²) < 4.78 is 11.7. The van der Waals surface area contributed by atoms with Gasteiger partial charge in [0.05, 0.1) is 19.4 Å². The molecule has 10 atom stereocenters. The van der Waals surface area contributed by atoms with E-state index in [0.29, 0.717) is 0 Å². The van der Waals surface area contributed by atoms with Crippen molar-refractivity contribution in [3.8, 4) is 0 Å². The smallest absolute Gasteiger partial charge is 0.180 e. The Morgan fingerprint density at radius 3 is 1.93 bits per heavy atom. The summed E-state index contributed by atoms with van der Waals surface area (Å²) in [5, 5.41) is 85.5. The fourth-order valence-corrected chi connectivity index (χ4v) is 3.19. The van der Waals surface area contributed by atoms with Gasteiger partial charge in [-0.25, -0.2) is 4.68 Å². The first-order valence-corrected chi connectivity index (χ1v) is 8.32. The summed E-state index contributed by atoms with van der Waals surface area (Å²) in [5.74, 6) is 0. The van der Waals surface area contributed by atoms with Crippen LogP contribution in [0.25, 0.3) is 0 Å². The number of ether oxygens (including phenoxy) is 2. The molecule has 2 fully saturated rings. The third-order valence-electron chi connectivity index (χ3n) is 4.84. The van der Waals surface area contributed by atoms with Crippen molar-refractivity contribution in [3.63, 3.8) is 0 Å². The van der Waals surface area contributed by atoms with Crippen LogP contribution in [0, 0.1) is 0 Å². The van der Waals surface area contributed by atoms with Gasteiger partial charge >= 0.3 is 0 Å². The van der Waals surface area contributed by atoms with Crippen molar-refractivity contribution in [2.24, 2.45) is 0 Å². The molecule has 0 saturated carbocycles. The lowest BCUT2D eigenvalue weighted by atomic mass is 9.94. The summed E-state index contributed by atoms with van der Waals surface area (Å²) in [7, 11) is 0. The van der Waals surface area contributed by atoms with Crippen LogP contribution in [0.15, 0.2) is 6.20 Å². The zero-order chi connectivity index (χ0) is 19.9. The molecule has 0 spiro atoms. The Morgan fingerprint density at radius 2 is 1.33 bits per heavy atom. The van der Waals surface area contributed by atoms with E-state index in [1.165, 1.54) is 6.20 Å². The molecule has 154 valence electrons. The molecule has 2 aliphatic heterocycles. The van der Waals surface area contributed by atoms with Gasteiger partial charge in [-0.15, -0.1) is 5.10 Å². The Bertz CT molecular complexity index is 578. The fraction of sp³-hybridized carbons (Fsp3) is 0.857. The summed E-state index contributed by atoms with van der Waals surface area (Å²) in [5.41, 5.74) is 0.00357. The third-order valence-corrected chi connectivity index (χ3v) is 4.84. The summed E-state index contributed by atoms with van der Waals surface area (Å²) in [6.45, 7) is -1.22. The molecule has 0 radical (unpaired) electrons. The maximum absolute atomic E-state index is 10.1. The van der Waals surface area contributed by atoms with Gasteiger partial charge in [0.1, 0.15) is 60.6 Å². The SMILES string of the molecule is OC[C@H]1O[C@@H](c2cn([C@H]3O[C@H](CO)[C@@H](O)[C@H](O)[C@@H]3O)nn2)[C@H](O)[C@@H](O)[C@@H]1O. The molecule has 13 nitrogen and oxygen atoms in total. The second-order valence-corrected chi connectivity index (χ2v) is 6.59. The third kappa shape index (κ3) is 3.58. The maximum atomic E-state index is 10.1. The van der Waals surface area contributed by atoms with Crippen molar-refractivity contribution in [1.29, 1.82) is 0 Å². The van der Waals surface area contributed by atoms with Crippen molar-refractivity contribution in [2.45, 2.75) is 61.2 Å². The molecule has 8 N–H and O–H groups in total. The Balaban J connectivity index is 1.82. The second-order valence-electron chi connectivity index (χ2n) is 6.59. The van der Waals surface area contributed by atoms with Crippen LogP contribution < -0.4 is 0 Å². The van der Waals surface area contributed by atoms with Crippen LogP contribution in [0.4, 0.5) is 0 Å². The number of hydrogen-bond acceptors (Lipinski definition) is 12. The largest absolute Gasteiger partial charge is 0.394 e. The van der Waals surface area contributed by atoms with Gasteiger partial charge in [0.25, 0.3) is 0 Å². The lowest BCUT2D eigenvalue weighted by Gasteiger charge is -2.40. The number of rotatable bonds is 4. The molecule has 1 aromatic rings. The van der Waals surface area contributed by atoms with E-state index in [1.54, 1.807) is 0 Å². The van der Waals surface area contributed by atoms with Crippen LogP contribution in [0.5, 0.6) is 0 Å². The van der Waals surface area contributed by atoms with Gasteiger partial charge < -0.3 is 50.3 Å². The molecule has 0 bridgehead atoms. The highest BCUT2D eigenvalue weighted by Gasteiger charge is 2.47.